The third-order valence-corrected chi connectivity index (χ3v) is 4.67. The van der Waals surface area contributed by atoms with Gasteiger partial charge in [-0.3, -0.25) is 0 Å². The van der Waals surface area contributed by atoms with Crippen LogP contribution >= 0.6 is 0 Å². The van der Waals surface area contributed by atoms with E-state index in [0.29, 0.717) is 12.1 Å². The topological polar surface area (TPSA) is 78.8 Å². The summed E-state index contributed by atoms with van der Waals surface area (Å²) in [5.41, 5.74) is 0.587. The molecule has 0 saturated carbocycles. The van der Waals surface area contributed by atoms with Gasteiger partial charge in [0.05, 0.1) is 11.4 Å². The molecule has 0 aromatic heterocycles. The average molecular weight is 295 g/mol. The molecule has 0 spiro atoms. The standard InChI is InChI=1S/C13H17N3O3S/c1-3-11-8-14-16(9-11)13(17)15-20(18,19)12-7-5-4-6-10(12)2/h4-8,11H,3,9H2,1-2H3,(H,15,17). The molecule has 1 heterocycles. The molecule has 0 saturated heterocycles. The predicted molar refractivity (Wildman–Crippen MR) is 75.9 cm³/mol. The fourth-order valence-electron chi connectivity index (χ4n) is 1.94. The second kappa shape index (κ2) is 5.62. The summed E-state index contributed by atoms with van der Waals surface area (Å²) in [4.78, 5) is 12.0. The van der Waals surface area contributed by atoms with E-state index in [1.807, 2.05) is 11.6 Å². The lowest BCUT2D eigenvalue weighted by Crippen LogP contribution is -2.40. The van der Waals surface area contributed by atoms with E-state index in [2.05, 4.69) is 5.10 Å². The Morgan fingerprint density at radius 1 is 1.45 bits per heavy atom. The van der Waals surface area contributed by atoms with Crippen molar-refractivity contribution in [1.29, 1.82) is 0 Å². The quantitative estimate of drug-likeness (QED) is 0.922. The zero-order valence-corrected chi connectivity index (χ0v) is 12.2. The normalized spacial score (nSPS) is 18.3. The van der Waals surface area contributed by atoms with Crippen molar-refractivity contribution in [1.82, 2.24) is 9.73 Å². The molecule has 0 bridgehead atoms. The summed E-state index contributed by atoms with van der Waals surface area (Å²) in [5, 5.41) is 5.06. The van der Waals surface area contributed by atoms with Gasteiger partial charge in [-0.1, -0.05) is 25.1 Å². The summed E-state index contributed by atoms with van der Waals surface area (Å²) >= 11 is 0. The highest BCUT2D eigenvalue weighted by Gasteiger charge is 2.26. The summed E-state index contributed by atoms with van der Waals surface area (Å²) in [6, 6.07) is 5.79. The summed E-state index contributed by atoms with van der Waals surface area (Å²) in [5.74, 6) is 0.182. The summed E-state index contributed by atoms with van der Waals surface area (Å²) in [7, 11) is -3.87. The lowest BCUT2D eigenvalue weighted by molar-refractivity contribution is 0.207. The third-order valence-electron chi connectivity index (χ3n) is 3.19. The molecule has 20 heavy (non-hydrogen) atoms. The zero-order chi connectivity index (χ0) is 14.8. The number of hydrogen-bond donors (Lipinski definition) is 1. The van der Waals surface area contributed by atoms with Gasteiger partial charge in [0.15, 0.2) is 0 Å². The van der Waals surface area contributed by atoms with E-state index in [9.17, 15) is 13.2 Å². The Hall–Kier alpha value is -1.89. The number of nitrogens with zero attached hydrogens (tertiary/aromatic N) is 2. The molecule has 108 valence electrons. The van der Waals surface area contributed by atoms with Gasteiger partial charge in [0, 0.05) is 12.1 Å². The van der Waals surface area contributed by atoms with Crippen molar-refractivity contribution < 1.29 is 13.2 Å². The average Bonchev–Trinajstić information content (AvgIpc) is 2.87. The van der Waals surface area contributed by atoms with Gasteiger partial charge >= 0.3 is 6.03 Å². The molecule has 1 aromatic carbocycles. The molecule has 7 heteroatoms. The number of urea groups is 1. The second-order valence-electron chi connectivity index (χ2n) is 4.69. The number of hydrogen-bond acceptors (Lipinski definition) is 4. The molecule has 6 nitrogen and oxygen atoms in total. The van der Waals surface area contributed by atoms with Crippen LogP contribution in [0.4, 0.5) is 4.79 Å². The fraction of sp³-hybridized carbons (Fsp3) is 0.385. The minimum absolute atomic E-state index is 0.101. The van der Waals surface area contributed by atoms with Crippen LogP contribution in [0.5, 0.6) is 0 Å². The number of benzene rings is 1. The minimum Gasteiger partial charge on any atom is -0.246 e. The largest absolute Gasteiger partial charge is 0.351 e. The van der Waals surface area contributed by atoms with Crippen LogP contribution < -0.4 is 4.72 Å². The van der Waals surface area contributed by atoms with Crippen LogP contribution in [0.2, 0.25) is 0 Å². The summed E-state index contributed by atoms with van der Waals surface area (Å²) in [6.07, 6.45) is 2.53. The SMILES string of the molecule is CCC1C=NN(C(=O)NS(=O)(=O)c2ccccc2C)C1. The summed E-state index contributed by atoms with van der Waals surface area (Å²) in [6.45, 7) is 4.08. The molecule has 0 fully saturated rings. The zero-order valence-electron chi connectivity index (χ0n) is 11.4. The Balaban J connectivity index is 2.12. The van der Waals surface area contributed by atoms with Crippen molar-refractivity contribution in [2.45, 2.75) is 25.2 Å². The van der Waals surface area contributed by atoms with Gasteiger partial charge in [-0.2, -0.15) is 5.10 Å². The number of nitrogens with one attached hydrogen (secondary N) is 1. The highest BCUT2D eigenvalue weighted by atomic mass is 32.2. The fourth-order valence-corrected chi connectivity index (χ4v) is 3.14. The van der Waals surface area contributed by atoms with Crippen molar-refractivity contribution in [2.24, 2.45) is 11.0 Å². The molecule has 1 aromatic rings. The smallest absolute Gasteiger partial charge is 0.246 e. The Labute approximate surface area is 118 Å². The van der Waals surface area contributed by atoms with Gasteiger partial charge in [-0.05, 0) is 25.0 Å². The molecule has 1 unspecified atom stereocenters. The van der Waals surface area contributed by atoms with Crippen molar-refractivity contribution in [2.75, 3.05) is 6.54 Å². The molecule has 0 radical (unpaired) electrons. The Kier molecular flexibility index (Phi) is 4.08. The van der Waals surface area contributed by atoms with Crippen LogP contribution in [-0.2, 0) is 10.0 Å². The van der Waals surface area contributed by atoms with Crippen LogP contribution in [0.25, 0.3) is 0 Å². The van der Waals surface area contributed by atoms with Crippen LogP contribution in [0.15, 0.2) is 34.3 Å². The van der Waals surface area contributed by atoms with Gasteiger partial charge in [0.25, 0.3) is 10.0 Å². The molecule has 1 aliphatic heterocycles. The van der Waals surface area contributed by atoms with Crippen molar-refractivity contribution in [3.05, 3.63) is 29.8 Å². The first-order valence-electron chi connectivity index (χ1n) is 6.38. The van der Waals surface area contributed by atoms with Gasteiger partial charge in [0.1, 0.15) is 0 Å². The van der Waals surface area contributed by atoms with Gasteiger partial charge in [-0.15, -0.1) is 0 Å². The maximum absolute atomic E-state index is 12.2. The Morgan fingerprint density at radius 3 is 2.75 bits per heavy atom. The molecule has 0 aliphatic carbocycles. The highest BCUT2D eigenvalue weighted by molar-refractivity contribution is 7.90. The first-order chi connectivity index (χ1) is 9.44. The van der Waals surface area contributed by atoms with E-state index in [4.69, 9.17) is 0 Å². The first-order valence-corrected chi connectivity index (χ1v) is 7.86. The predicted octanol–water partition coefficient (Wildman–Crippen LogP) is 1.72. The molecule has 1 aliphatic rings. The van der Waals surface area contributed by atoms with Gasteiger partial charge < -0.3 is 0 Å². The van der Waals surface area contributed by atoms with Crippen LogP contribution in [-0.4, -0.2) is 32.2 Å². The first kappa shape index (κ1) is 14.5. The number of rotatable bonds is 3. The molecular weight excluding hydrogens is 278 g/mol. The van der Waals surface area contributed by atoms with Gasteiger partial charge in [0.2, 0.25) is 0 Å². The second-order valence-corrected chi connectivity index (χ2v) is 6.34. The lowest BCUT2D eigenvalue weighted by Gasteiger charge is -2.15. The van der Waals surface area contributed by atoms with E-state index in [1.165, 1.54) is 6.07 Å². The number of hydrazone groups is 1. The number of carbonyl (C=O) groups is 1. The van der Waals surface area contributed by atoms with Crippen LogP contribution in [0.3, 0.4) is 0 Å². The maximum Gasteiger partial charge on any atom is 0.351 e. The van der Waals surface area contributed by atoms with Crippen LogP contribution in [0.1, 0.15) is 18.9 Å². The Morgan fingerprint density at radius 2 is 2.15 bits per heavy atom. The lowest BCUT2D eigenvalue weighted by atomic mass is 10.1. The number of carbonyl (C=O) groups excluding carboxylic acids is 1. The van der Waals surface area contributed by atoms with E-state index < -0.39 is 16.1 Å². The van der Waals surface area contributed by atoms with Crippen molar-refractivity contribution in [3.63, 3.8) is 0 Å². The van der Waals surface area contributed by atoms with Crippen LogP contribution in [0, 0.1) is 12.8 Å². The maximum atomic E-state index is 12.2. The molecule has 1 N–H and O–H groups in total. The van der Waals surface area contributed by atoms with Gasteiger partial charge in [-0.25, -0.2) is 22.9 Å². The molecule has 2 amide bonds. The molecular formula is C13H17N3O3S. The number of aryl methyl sites for hydroxylation is 1. The van der Waals surface area contributed by atoms with E-state index >= 15 is 0 Å². The van der Waals surface area contributed by atoms with Crippen molar-refractivity contribution >= 4 is 22.3 Å². The number of sulfonamides is 1. The third kappa shape index (κ3) is 2.98. The highest BCUT2D eigenvalue weighted by Crippen LogP contribution is 2.15. The number of amides is 2. The van der Waals surface area contributed by atoms with Crippen molar-refractivity contribution in [3.8, 4) is 0 Å². The molecule has 1 atom stereocenters. The minimum atomic E-state index is -3.87. The Bertz CT molecular complexity index is 640. The molecule has 2 rings (SSSR count). The van der Waals surface area contributed by atoms with E-state index in [-0.39, 0.29) is 10.8 Å². The van der Waals surface area contributed by atoms with E-state index in [0.717, 1.165) is 11.4 Å². The summed E-state index contributed by atoms with van der Waals surface area (Å²) < 4.78 is 26.4. The monoisotopic (exact) mass is 295 g/mol. The van der Waals surface area contributed by atoms with E-state index in [1.54, 1.807) is 31.3 Å².